The molecule has 2 atom stereocenters. The minimum Gasteiger partial charge on any atom is -0.392 e. The molecule has 1 N–H and O–H groups in total. The molecule has 0 amide bonds. The highest BCUT2D eigenvalue weighted by Gasteiger charge is 2.34. The summed E-state index contributed by atoms with van der Waals surface area (Å²) in [4.78, 5) is 24.2. The number of rotatable bonds is 3. The lowest BCUT2D eigenvalue weighted by molar-refractivity contribution is -0.164. The van der Waals surface area contributed by atoms with Gasteiger partial charge in [0.1, 0.15) is 11.9 Å². The van der Waals surface area contributed by atoms with E-state index in [0.29, 0.717) is 18.4 Å². The lowest BCUT2D eigenvalue weighted by Crippen LogP contribution is -2.36. The molecule has 1 saturated heterocycles. The molecule has 1 aromatic rings. The molecule has 2 fully saturated rings. The van der Waals surface area contributed by atoms with Crippen LogP contribution in [-0.4, -0.2) is 18.0 Å². The molecule has 0 radical (unpaired) electrons. The maximum absolute atomic E-state index is 13.8. The van der Waals surface area contributed by atoms with E-state index in [2.05, 4.69) is 5.32 Å². The Bertz CT molecular complexity index is 583. The molecule has 2 aliphatic rings. The van der Waals surface area contributed by atoms with Gasteiger partial charge < -0.3 is 4.74 Å². The van der Waals surface area contributed by atoms with Crippen molar-refractivity contribution < 1.29 is 18.7 Å². The molecule has 1 aliphatic heterocycles. The Labute approximate surface area is 135 Å². The summed E-state index contributed by atoms with van der Waals surface area (Å²) >= 11 is 0. The second-order valence-corrected chi connectivity index (χ2v) is 6.45. The molecule has 1 aromatic carbocycles. The van der Waals surface area contributed by atoms with Crippen LogP contribution in [0.1, 0.15) is 56.6 Å². The molecular formula is C18H22FNO3. The Kier molecular flexibility index (Phi) is 5.06. The van der Waals surface area contributed by atoms with Crippen molar-refractivity contribution in [2.45, 2.75) is 57.0 Å². The largest absolute Gasteiger partial charge is 0.392 e. The van der Waals surface area contributed by atoms with E-state index in [4.69, 9.17) is 4.74 Å². The van der Waals surface area contributed by atoms with Crippen LogP contribution < -0.4 is 5.32 Å². The van der Waals surface area contributed by atoms with Gasteiger partial charge in [-0.2, -0.15) is 0 Å². The number of carbonyl (C=O) groups excluding carboxylic acids is 2. The van der Waals surface area contributed by atoms with E-state index < -0.39 is 18.0 Å². The summed E-state index contributed by atoms with van der Waals surface area (Å²) < 4.78 is 18.9. The molecule has 0 spiro atoms. The average Bonchev–Trinajstić information content (AvgIpc) is 3.06. The van der Waals surface area contributed by atoms with Crippen LogP contribution in [0.2, 0.25) is 0 Å². The molecule has 1 aliphatic carbocycles. The first-order valence-electron chi connectivity index (χ1n) is 8.41. The van der Waals surface area contributed by atoms with Crippen LogP contribution in [0.4, 0.5) is 4.39 Å². The van der Waals surface area contributed by atoms with Crippen molar-refractivity contribution in [2.75, 3.05) is 0 Å². The Balaban J connectivity index is 1.55. The molecule has 3 rings (SSSR count). The highest BCUT2D eigenvalue weighted by molar-refractivity contribution is 5.89. The minimum atomic E-state index is -0.535. The molecule has 0 bridgehead atoms. The molecule has 1 heterocycles. The smallest absolute Gasteiger partial charge is 0.330 e. The van der Waals surface area contributed by atoms with Gasteiger partial charge >= 0.3 is 11.9 Å². The second-order valence-electron chi connectivity index (χ2n) is 6.45. The molecular weight excluding hydrogens is 297 g/mol. The fourth-order valence-electron chi connectivity index (χ4n) is 3.52. The standard InChI is InChI=1S/C18H22FNO3/c19-14-9-5-4-8-13(14)15-10-11-16(20-15)18(22)23-17(21)12-6-2-1-3-7-12/h4-5,8-9,12,15-16,20H,1-3,6-7,10-11H2. The maximum atomic E-state index is 13.8. The van der Waals surface area contributed by atoms with Crippen molar-refractivity contribution in [1.82, 2.24) is 5.32 Å². The zero-order valence-electron chi connectivity index (χ0n) is 13.1. The van der Waals surface area contributed by atoms with Crippen molar-refractivity contribution in [3.05, 3.63) is 35.6 Å². The normalized spacial score (nSPS) is 25.3. The number of esters is 2. The lowest BCUT2D eigenvalue weighted by atomic mass is 9.89. The van der Waals surface area contributed by atoms with Crippen molar-refractivity contribution in [3.8, 4) is 0 Å². The zero-order valence-corrected chi connectivity index (χ0v) is 13.1. The molecule has 1 saturated carbocycles. The lowest BCUT2D eigenvalue weighted by Gasteiger charge is -2.20. The van der Waals surface area contributed by atoms with E-state index in [1.165, 1.54) is 6.07 Å². The average molecular weight is 319 g/mol. The van der Waals surface area contributed by atoms with Gasteiger partial charge in [-0.05, 0) is 31.7 Å². The maximum Gasteiger partial charge on any atom is 0.330 e. The van der Waals surface area contributed by atoms with E-state index in [-0.39, 0.29) is 17.8 Å². The Morgan fingerprint density at radius 2 is 1.74 bits per heavy atom. The Morgan fingerprint density at radius 3 is 2.48 bits per heavy atom. The van der Waals surface area contributed by atoms with Crippen molar-refractivity contribution in [3.63, 3.8) is 0 Å². The molecule has 0 aromatic heterocycles. The first-order chi connectivity index (χ1) is 11.1. The number of hydrogen-bond acceptors (Lipinski definition) is 4. The SMILES string of the molecule is O=C(OC(=O)C1CCC(c2ccccc2F)N1)C1CCCCC1. The zero-order chi connectivity index (χ0) is 16.2. The number of benzene rings is 1. The predicted molar refractivity (Wildman–Crippen MR) is 83.0 cm³/mol. The van der Waals surface area contributed by atoms with Crippen molar-refractivity contribution in [2.24, 2.45) is 5.92 Å². The number of halogens is 1. The number of hydrogen-bond donors (Lipinski definition) is 1. The van der Waals surface area contributed by atoms with Crippen LogP contribution in [0.5, 0.6) is 0 Å². The van der Waals surface area contributed by atoms with Gasteiger partial charge in [0.15, 0.2) is 0 Å². The third-order valence-corrected chi connectivity index (χ3v) is 4.85. The van der Waals surface area contributed by atoms with E-state index in [0.717, 1.165) is 32.1 Å². The fourth-order valence-corrected chi connectivity index (χ4v) is 3.52. The minimum absolute atomic E-state index is 0.142. The summed E-state index contributed by atoms with van der Waals surface area (Å²) in [6.45, 7) is 0. The first kappa shape index (κ1) is 16.1. The van der Waals surface area contributed by atoms with E-state index >= 15 is 0 Å². The second kappa shape index (κ2) is 7.21. The monoisotopic (exact) mass is 319 g/mol. The highest BCUT2D eigenvalue weighted by Crippen LogP contribution is 2.29. The van der Waals surface area contributed by atoms with Gasteiger partial charge in [-0.25, -0.2) is 9.18 Å². The van der Waals surface area contributed by atoms with Crippen LogP contribution in [0, 0.1) is 11.7 Å². The van der Waals surface area contributed by atoms with Crippen molar-refractivity contribution >= 4 is 11.9 Å². The molecule has 5 heteroatoms. The molecule has 23 heavy (non-hydrogen) atoms. The topological polar surface area (TPSA) is 55.4 Å². The van der Waals surface area contributed by atoms with Crippen LogP contribution in [0.3, 0.4) is 0 Å². The molecule has 2 unspecified atom stereocenters. The van der Waals surface area contributed by atoms with Gasteiger partial charge in [-0.1, -0.05) is 37.5 Å². The van der Waals surface area contributed by atoms with Gasteiger partial charge in [-0.3, -0.25) is 10.1 Å². The number of ether oxygens (including phenoxy) is 1. The summed E-state index contributed by atoms with van der Waals surface area (Å²) in [5.74, 6) is -1.35. The van der Waals surface area contributed by atoms with Crippen molar-refractivity contribution in [1.29, 1.82) is 0 Å². The third-order valence-electron chi connectivity index (χ3n) is 4.85. The summed E-state index contributed by atoms with van der Waals surface area (Å²) in [5.41, 5.74) is 0.557. The van der Waals surface area contributed by atoms with Crippen LogP contribution in [0.15, 0.2) is 24.3 Å². The first-order valence-corrected chi connectivity index (χ1v) is 8.41. The van der Waals surface area contributed by atoms with Crippen LogP contribution in [-0.2, 0) is 14.3 Å². The summed E-state index contributed by atoms with van der Waals surface area (Å²) in [5, 5.41) is 3.09. The third kappa shape index (κ3) is 3.78. The van der Waals surface area contributed by atoms with Crippen LogP contribution in [0.25, 0.3) is 0 Å². The van der Waals surface area contributed by atoms with Crippen LogP contribution >= 0.6 is 0 Å². The van der Waals surface area contributed by atoms with Gasteiger partial charge in [0.05, 0.1) is 5.92 Å². The van der Waals surface area contributed by atoms with E-state index in [1.807, 2.05) is 0 Å². The van der Waals surface area contributed by atoms with Gasteiger partial charge in [0, 0.05) is 11.6 Å². The van der Waals surface area contributed by atoms with Gasteiger partial charge in [-0.15, -0.1) is 0 Å². The summed E-state index contributed by atoms with van der Waals surface area (Å²) in [6, 6.07) is 5.80. The van der Waals surface area contributed by atoms with E-state index in [9.17, 15) is 14.0 Å². The Hall–Kier alpha value is -1.75. The van der Waals surface area contributed by atoms with E-state index in [1.54, 1.807) is 18.2 Å². The Morgan fingerprint density at radius 1 is 1.00 bits per heavy atom. The molecule has 124 valence electrons. The number of carbonyl (C=O) groups is 2. The van der Waals surface area contributed by atoms with Gasteiger partial charge in [0.25, 0.3) is 0 Å². The fraction of sp³-hybridized carbons (Fsp3) is 0.556. The summed E-state index contributed by atoms with van der Waals surface area (Å²) in [6.07, 6.45) is 6.00. The summed E-state index contributed by atoms with van der Waals surface area (Å²) in [7, 11) is 0. The predicted octanol–water partition coefficient (Wildman–Crippen LogP) is 3.27. The quantitative estimate of drug-likeness (QED) is 0.686. The highest BCUT2D eigenvalue weighted by atomic mass is 19.1. The molecule has 4 nitrogen and oxygen atoms in total. The number of nitrogens with one attached hydrogen (secondary N) is 1. The van der Waals surface area contributed by atoms with Gasteiger partial charge in [0.2, 0.25) is 0 Å².